The highest BCUT2D eigenvalue weighted by atomic mass is 19.1. The van der Waals surface area contributed by atoms with Crippen LogP contribution < -0.4 is 5.32 Å². The van der Waals surface area contributed by atoms with E-state index in [1.165, 1.54) is 12.1 Å². The average molecular weight is 359 g/mol. The Morgan fingerprint density at radius 2 is 1.85 bits per heavy atom. The number of nitrogens with zero attached hydrogens (tertiary/aromatic N) is 4. The Kier molecular flexibility index (Phi) is 4.94. The summed E-state index contributed by atoms with van der Waals surface area (Å²) in [7, 11) is 0. The van der Waals surface area contributed by atoms with Crippen LogP contribution in [0.15, 0.2) is 28.8 Å². The smallest absolute Gasteiger partial charge is 0.241 e. The molecule has 1 saturated heterocycles. The summed E-state index contributed by atoms with van der Waals surface area (Å²) in [6, 6.07) is 6.44. The number of carbonyl (C=O) groups excluding carboxylic acids is 1. The number of hydrogen-bond acceptors (Lipinski definition) is 6. The van der Waals surface area contributed by atoms with Gasteiger partial charge in [0.05, 0.1) is 13.1 Å². The Balaban J connectivity index is 1.25. The van der Waals surface area contributed by atoms with Gasteiger partial charge in [0.25, 0.3) is 0 Å². The Labute approximate surface area is 151 Å². The third kappa shape index (κ3) is 4.44. The van der Waals surface area contributed by atoms with E-state index in [1.807, 2.05) is 0 Å². The fourth-order valence-electron chi connectivity index (χ4n) is 3.04. The van der Waals surface area contributed by atoms with E-state index in [9.17, 15) is 9.18 Å². The number of halogens is 1. The molecule has 0 radical (unpaired) electrons. The average Bonchev–Trinajstić information content (AvgIpc) is 3.32. The lowest BCUT2D eigenvalue weighted by Gasteiger charge is -2.33. The number of piperazine rings is 1. The van der Waals surface area contributed by atoms with Crippen molar-refractivity contribution in [2.24, 2.45) is 0 Å². The fraction of sp³-hybridized carbons (Fsp3) is 0.500. The molecule has 1 aromatic carbocycles. The summed E-state index contributed by atoms with van der Waals surface area (Å²) < 4.78 is 18.3. The number of nitrogens with one attached hydrogen (secondary N) is 1. The van der Waals surface area contributed by atoms with Crippen molar-refractivity contribution in [1.82, 2.24) is 25.3 Å². The predicted octanol–water partition coefficient (Wildman–Crippen LogP) is 1.27. The normalized spacial score (nSPS) is 18.8. The molecule has 7 nitrogen and oxygen atoms in total. The summed E-state index contributed by atoms with van der Waals surface area (Å²) >= 11 is 0. The molecule has 138 valence electrons. The van der Waals surface area contributed by atoms with Crippen LogP contribution in [-0.4, -0.2) is 64.6 Å². The zero-order valence-electron chi connectivity index (χ0n) is 14.5. The molecule has 2 fully saturated rings. The fourth-order valence-corrected chi connectivity index (χ4v) is 3.04. The highest BCUT2D eigenvalue weighted by Gasteiger charge is 2.25. The maximum atomic E-state index is 13.0. The van der Waals surface area contributed by atoms with E-state index < -0.39 is 0 Å². The minimum absolute atomic E-state index is 0.127. The highest BCUT2D eigenvalue weighted by Crippen LogP contribution is 2.19. The Morgan fingerprint density at radius 3 is 2.54 bits per heavy atom. The van der Waals surface area contributed by atoms with Crippen molar-refractivity contribution in [3.63, 3.8) is 0 Å². The van der Waals surface area contributed by atoms with Crippen molar-refractivity contribution in [2.45, 2.75) is 25.4 Å². The lowest BCUT2D eigenvalue weighted by molar-refractivity contribution is -0.122. The lowest BCUT2D eigenvalue weighted by Crippen LogP contribution is -2.49. The van der Waals surface area contributed by atoms with Crippen molar-refractivity contribution in [3.05, 3.63) is 36.0 Å². The van der Waals surface area contributed by atoms with Gasteiger partial charge in [0.15, 0.2) is 0 Å². The Morgan fingerprint density at radius 1 is 1.15 bits per heavy atom. The first-order chi connectivity index (χ1) is 12.7. The number of rotatable bonds is 6. The molecule has 8 heteroatoms. The molecule has 2 heterocycles. The molecule has 0 bridgehead atoms. The molecular weight excluding hydrogens is 337 g/mol. The second kappa shape index (κ2) is 7.51. The molecule has 2 aromatic rings. The van der Waals surface area contributed by atoms with E-state index >= 15 is 0 Å². The number of carbonyl (C=O) groups is 1. The van der Waals surface area contributed by atoms with Crippen LogP contribution in [0.4, 0.5) is 4.39 Å². The molecule has 1 amide bonds. The molecule has 0 atom stereocenters. The largest absolute Gasteiger partial charge is 0.352 e. The van der Waals surface area contributed by atoms with Crippen LogP contribution in [0, 0.1) is 5.82 Å². The SMILES string of the molecule is O=C(CN1CCN(Cc2nc(-c3ccc(F)cc3)no2)CC1)NC1CC1. The summed E-state index contributed by atoms with van der Waals surface area (Å²) in [5, 5.41) is 6.99. The predicted molar refractivity (Wildman–Crippen MR) is 92.6 cm³/mol. The first kappa shape index (κ1) is 17.1. The van der Waals surface area contributed by atoms with Gasteiger partial charge in [-0.25, -0.2) is 4.39 Å². The van der Waals surface area contributed by atoms with Crippen LogP contribution in [0.25, 0.3) is 11.4 Å². The van der Waals surface area contributed by atoms with Gasteiger partial charge in [0.1, 0.15) is 5.82 Å². The molecular formula is C18H22FN5O2. The topological polar surface area (TPSA) is 74.5 Å². The van der Waals surface area contributed by atoms with Crippen LogP contribution in [0.3, 0.4) is 0 Å². The molecule has 1 aliphatic heterocycles. The van der Waals surface area contributed by atoms with Crippen molar-refractivity contribution >= 4 is 5.91 Å². The molecule has 0 spiro atoms. The second-order valence-corrected chi connectivity index (χ2v) is 6.91. The molecule has 1 saturated carbocycles. The van der Waals surface area contributed by atoms with Crippen molar-refractivity contribution in [1.29, 1.82) is 0 Å². The second-order valence-electron chi connectivity index (χ2n) is 6.91. The van der Waals surface area contributed by atoms with E-state index in [4.69, 9.17) is 4.52 Å². The Bertz CT molecular complexity index is 751. The maximum absolute atomic E-state index is 13.0. The van der Waals surface area contributed by atoms with E-state index in [1.54, 1.807) is 12.1 Å². The summed E-state index contributed by atoms with van der Waals surface area (Å²) in [4.78, 5) is 20.7. The van der Waals surface area contributed by atoms with Gasteiger partial charge in [-0.2, -0.15) is 4.98 Å². The van der Waals surface area contributed by atoms with E-state index in [2.05, 4.69) is 25.3 Å². The number of amides is 1. The van der Waals surface area contributed by atoms with Gasteiger partial charge in [-0.05, 0) is 37.1 Å². The molecule has 0 unspecified atom stereocenters. The van der Waals surface area contributed by atoms with Crippen molar-refractivity contribution < 1.29 is 13.7 Å². The maximum Gasteiger partial charge on any atom is 0.241 e. The third-order valence-electron chi connectivity index (χ3n) is 4.70. The highest BCUT2D eigenvalue weighted by molar-refractivity contribution is 5.78. The van der Waals surface area contributed by atoms with Gasteiger partial charge in [0.2, 0.25) is 17.6 Å². The molecule has 1 aromatic heterocycles. The number of hydrogen-bond donors (Lipinski definition) is 1. The third-order valence-corrected chi connectivity index (χ3v) is 4.70. The molecule has 4 rings (SSSR count). The zero-order valence-corrected chi connectivity index (χ0v) is 14.5. The molecule has 2 aliphatic rings. The number of benzene rings is 1. The summed E-state index contributed by atoms with van der Waals surface area (Å²) in [6.45, 7) is 4.44. The first-order valence-corrected chi connectivity index (χ1v) is 8.98. The minimum Gasteiger partial charge on any atom is -0.352 e. The molecule has 1 aliphatic carbocycles. The summed E-state index contributed by atoms with van der Waals surface area (Å²) in [5.41, 5.74) is 0.730. The quantitative estimate of drug-likeness (QED) is 0.837. The van der Waals surface area contributed by atoms with Crippen LogP contribution in [0.1, 0.15) is 18.7 Å². The van der Waals surface area contributed by atoms with Crippen LogP contribution in [0.5, 0.6) is 0 Å². The van der Waals surface area contributed by atoms with Crippen LogP contribution in [-0.2, 0) is 11.3 Å². The van der Waals surface area contributed by atoms with Gasteiger partial charge < -0.3 is 9.84 Å². The van der Waals surface area contributed by atoms with E-state index in [0.29, 0.717) is 30.8 Å². The van der Waals surface area contributed by atoms with Gasteiger partial charge in [-0.3, -0.25) is 14.6 Å². The Hall–Kier alpha value is -2.32. The van der Waals surface area contributed by atoms with Crippen molar-refractivity contribution in [3.8, 4) is 11.4 Å². The van der Waals surface area contributed by atoms with Crippen LogP contribution >= 0.6 is 0 Å². The molecule has 26 heavy (non-hydrogen) atoms. The monoisotopic (exact) mass is 359 g/mol. The van der Waals surface area contributed by atoms with Gasteiger partial charge in [-0.1, -0.05) is 5.16 Å². The summed E-state index contributed by atoms with van der Waals surface area (Å²) in [6.07, 6.45) is 2.23. The van der Waals surface area contributed by atoms with Gasteiger partial charge >= 0.3 is 0 Å². The first-order valence-electron chi connectivity index (χ1n) is 8.98. The van der Waals surface area contributed by atoms with Crippen molar-refractivity contribution in [2.75, 3.05) is 32.7 Å². The molecule has 1 N–H and O–H groups in total. The number of aromatic nitrogens is 2. The lowest BCUT2D eigenvalue weighted by atomic mass is 10.2. The van der Waals surface area contributed by atoms with Crippen LogP contribution in [0.2, 0.25) is 0 Å². The summed E-state index contributed by atoms with van der Waals surface area (Å²) in [5.74, 6) is 0.850. The standard InChI is InChI=1S/C18H22FN5O2/c19-14-3-1-13(2-4-14)18-21-17(26-22-18)12-24-9-7-23(8-10-24)11-16(25)20-15-5-6-15/h1-4,15H,5-12H2,(H,20,25). The zero-order chi connectivity index (χ0) is 17.9. The van der Waals surface area contributed by atoms with Gasteiger partial charge in [0, 0.05) is 37.8 Å². The van der Waals surface area contributed by atoms with E-state index in [-0.39, 0.29) is 11.7 Å². The van der Waals surface area contributed by atoms with Gasteiger partial charge in [-0.15, -0.1) is 0 Å². The van der Waals surface area contributed by atoms with E-state index in [0.717, 1.165) is 44.6 Å². The minimum atomic E-state index is -0.291.